The largest absolute Gasteiger partial charge is 0.336 e. The van der Waals surface area contributed by atoms with Crippen LogP contribution >= 0.6 is 11.6 Å². The lowest BCUT2D eigenvalue weighted by molar-refractivity contribution is -0.127. The molecule has 0 atom stereocenters. The number of para-hydroxylation sites is 1. The summed E-state index contributed by atoms with van der Waals surface area (Å²) >= 11 is 6.21. The smallest absolute Gasteiger partial charge is 0.317 e. The molecule has 3 aromatic rings. The van der Waals surface area contributed by atoms with Gasteiger partial charge in [-0.25, -0.2) is 9.78 Å². The topological polar surface area (TPSA) is 94.3 Å². The molecule has 1 aromatic heterocycles. The zero-order valence-corrected chi connectivity index (χ0v) is 20.5. The lowest BCUT2D eigenvalue weighted by atomic mass is 9.75. The molecule has 0 radical (unpaired) electrons. The number of hydrogen-bond donors (Lipinski definition) is 1. The first kappa shape index (κ1) is 23.2. The van der Waals surface area contributed by atoms with Crippen molar-refractivity contribution in [2.45, 2.75) is 51.2 Å². The van der Waals surface area contributed by atoms with Crippen molar-refractivity contribution in [2.24, 2.45) is 0 Å². The van der Waals surface area contributed by atoms with Crippen molar-refractivity contribution in [3.05, 3.63) is 58.9 Å². The average Bonchev–Trinajstić information content (AvgIpc) is 3.24. The Labute approximate surface area is 209 Å². The fourth-order valence-corrected chi connectivity index (χ4v) is 5.29. The molecule has 180 valence electrons. The van der Waals surface area contributed by atoms with E-state index in [-0.39, 0.29) is 18.0 Å². The summed E-state index contributed by atoms with van der Waals surface area (Å²) in [6.07, 6.45) is 1.13. The van der Waals surface area contributed by atoms with E-state index in [0.717, 1.165) is 28.1 Å². The third-order valence-electron chi connectivity index (χ3n) is 6.75. The van der Waals surface area contributed by atoms with E-state index in [9.17, 15) is 9.59 Å². The quantitative estimate of drug-likeness (QED) is 0.523. The molecule has 2 aliphatic heterocycles. The number of likely N-dealkylation sites (tertiary alicyclic amines) is 1. The molecular weight excluding hydrogens is 464 g/mol. The van der Waals surface area contributed by atoms with E-state index >= 15 is 0 Å². The first-order valence-electron chi connectivity index (χ1n) is 11.8. The summed E-state index contributed by atoms with van der Waals surface area (Å²) in [4.78, 5) is 34.7. The number of rotatable bonds is 6. The molecular formula is C26H27ClN6O2. The number of amides is 3. The minimum atomic E-state index is -0.730. The molecule has 35 heavy (non-hydrogen) atoms. The van der Waals surface area contributed by atoms with Gasteiger partial charge in [-0.05, 0) is 50.1 Å². The number of benzene rings is 2. The summed E-state index contributed by atoms with van der Waals surface area (Å²) in [5, 5.41) is 12.5. The fourth-order valence-electron chi connectivity index (χ4n) is 5.13. The normalized spacial score (nSPS) is 16.0. The van der Waals surface area contributed by atoms with Crippen molar-refractivity contribution in [3.8, 4) is 6.07 Å². The Morgan fingerprint density at radius 3 is 2.77 bits per heavy atom. The number of carbonyl (C=O) groups excluding carboxylic acids is 2. The third kappa shape index (κ3) is 3.90. The zero-order valence-electron chi connectivity index (χ0n) is 19.8. The highest BCUT2D eigenvalue weighted by molar-refractivity contribution is 6.31. The number of imidazole rings is 1. The van der Waals surface area contributed by atoms with Crippen molar-refractivity contribution >= 4 is 40.3 Å². The van der Waals surface area contributed by atoms with Gasteiger partial charge < -0.3 is 19.7 Å². The van der Waals surface area contributed by atoms with E-state index < -0.39 is 5.41 Å². The molecule has 0 unspecified atom stereocenters. The van der Waals surface area contributed by atoms with Gasteiger partial charge in [0.25, 0.3) is 0 Å². The fraction of sp³-hybridized carbons (Fsp3) is 0.385. The Balaban J connectivity index is 1.47. The van der Waals surface area contributed by atoms with Gasteiger partial charge in [0.1, 0.15) is 11.2 Å². The Hall–Kier alpha value is -3.57. The minimum Gasteiger partial charge on any atom is -0.336 e. The lowest BCUT2D eigenvalue weighted by Crippen LogP contribution is -2.67. The third-order valence-corrected chi connectivity index (χ3v) is 6.98. The number of nitriles is 1. The van der Waals surface area contributed by atoms with Gasteiger partial charge in [0.15, 0.2) is 0 Å². The van der Waals surface area contributed by atoms with Crippen molar-refractivity contribution in [3.63, 3.8) is 0 Å². The van der Waals surface area contributed by atoms with Crippen LogP contribution in [-0.4, -0.2) is 45.5 Å². The summed E-state index contributed by atoms with van der Waals surface area (Å²) < 4.78 is 2.08. The van der Waals surface area contributed by atoms with Crippen LogP contribution in [0.15, 0.2) is 42.5 Å². The zero-order chi connectivity index (χ0) is 24.7. The SMILES string of the molecule is CC(C)NC(=O)N1CC2(C1)C(=O)N(Cc1nc3cc(Cl)ccc3n1CCCC#N)c1ccccc12. The van der Waals surface area contributed by atoms with E-state index in [1.165, 1.54) is 0 Å². The van der Waals surface area contributed by atoms with E-state index in [0.29, 0.717) is 44.0 Å². The van der Waals surface area contributed by atoms with Crippen LogP contribution < -0.4 is 10.2 Å². The van der Waals surface area contributed by atoms with Crippen LogP contribution in [0.3, 0.4) is 0 Å². The number of nitrogens with zero attached hydrogens (tertiary/aromatic N) is 5. The Kier molecular flexibility index (Phi) is 5.89. The van der Waals surface area contributed by atoms with Crippen LogP contribution in [0.4, 0.5) is 10.5 Å². The highest BCUT2D eigenvalue weighted by Gasteiger charge is 2.59. The van der Waals surface area contributed by atoms with Gasteiger partial charge in [-0.2, -0.15) is 5.26 Å². The Bertz CT molecular complexity index is 1350. The van der Waals surface area contributed by atoms with Gasteiger partial charge in [-0.3, -0.25) is 4.79 Å². The number of aryl methyl sites for hydroxylation is 1. The van der Waals surface area contributed by atoms with Gasteiger partial charge in [0, 0.05) is 42.8 Å². The van der Waals surface area contributed by atoms with Gasteiger partial charge in [-0.1, -0.05) is 29.8 Å². The lowest BCUT2D eigenvalue weighted by Gasteiger charge is -2.46. The van der Waals surface area contributed by atoms with Gasteiger partial charge in [-0.15, -0.1) is 0 Å². The number of anilines is 1. The summed E-state index contributed by atoms with van der Waals surface area (Å²) in [5.41, 5.74) is 2.77. The first-order valence-corrected chi connectivity index (χ1v) is 12.2. The average molecular weight is 491 g/mol. The van der Waals surface area contributed by atoms with E-state index in [1.807, 2.05) is 56.3 Å². The summed E-state index contributed by atoms with van der Waals surface area (Å²) in [6.45, 7) is 5.47. The van der Waals surface area contributed by atoms with Crippen LogP contribution in [0.1, 0.15) is 38.1 Å². The number of halogens is 1. The van der Waals surface area contributed by atoms with E-state index in [1.54, 1.807) is 9.80 Å². The highest BCUT2D eigenvalue weighted by atomic mass is 35.5. The first-order chi connectivity index (χ1) is 16.8. The predicted molar refractivity (Wildman–Crippen MR) is 134 cm³/mol. The molecule has 3 heterocycles. The summed E-state index contributed by atoms with van der Waals surface area (Å²) in [7, 11) is 0. The van der Waals surface area contributed by atoms with Crippen molar-refractivity contribution in [1.29, 1.82) is 5.26 Å². The number of urea groups is 1. The van der Waals surface area contributed by atoms with Gasteiger partial charge >= 0.3 is 6.03 Å². The summed E-state index contributed by atoms with van der Waals surface area (Å²) in [6, 6.07) is 15.5. The number of unbranched alkanes of at least 4 members (excludes halogenated alkanes) is 1. The van der Waals surface area contributed by atoms with Gasteiger partial charge in [0.05, 0.1) is 23.6 Å². The predicted octanol–water partition coefficient (Wildman–Crippen LogP) is 4.21. The van der Waals surface area contributed by atoms with Gasteiger partial charge in [0.2, 0.25) is 5.91 Å². The highest BCUT2D eigenvalue weighted by Crippen LogP contribution is 2.47. The number of fused-ring (bicyclic) bond motifs is 3. The second-order valence-electron chi connectivity index (χ2n) is 9.53. The standard InChI is InChI=1S/C26H27ClN6O2/c1-17(2)29-25(35)31-15-26(16-31)19-7-3-4-8-21(19)33(24(26)34)14-23-30-20-13-18(27)9-10-22(20)32(23)12-6-5-11-28/h3-4,7-10,13,17H,5-6,12,14-16H2,1-2H3,(H,29,35). The number of aromatic nitrogens is 2. The molecule has 5 rings (SSSR count). The molecule has 0 saturated carbocycles. The molecule has 0 aliphatic carbocycles. The molecule has 2 aromatic carbocycles. The van der Waals surface area contributed by atoms with E-state index in [4.69, 9.17) is 21.8 Å². The van der Waals surface area contributed by atoms with Crippen molar-refractivity contribution in [1.82, 2.24) is 19.8 Å². The molecule has 0 bridgehead atoms. The van der Waals surface area contributed by atoms with Crippen LogP contribution in [0, 0.1) is 11.3 Å². The maximum Gasteiger partial charge on any atom is 0.317 e. The molecule has 2 aliphatic rings. The molecule has 1 fully saturated rings. The van der Waals surface area contributed by atoms with Crippen LogP contribution in [-0.2, 0) is 23.3 Å². The monoisotopic (exact) mass is 490 g/mol. The number of hydrogen-bond acceptors (Lipinski definition) is 4. The Morgan fingerprint density at radius 2 is 2.03 bits per heavy atom. The van der Waals surface area contributed by atoms with Crippen LogP contribution in [0.25, 0.3) is 11.0 Å². The van der Waals surface area contributed by atoms with Crippen LogP contribution in [0.2, 0.25) is 5.02 Å². The maximum atomic E-state index is 13.9. The molecule has 8 nitrogen and oxygen atoms in total. The maximum absolute atomic E-state index is 13.9. The molecule has 3 amide bonds. The van der Waals surface area contributed by atoms with Crippen molar-refractivity contribution < 1.29 is 9.59 Å². The molecule has 1 saturated heterocycles. The molecule has 1 N–H and O–H groups in total. The van der Waals surface area contributed by atoms with Crippen LogP contribution in [0.5, 0.6) is 0 Å². The number of nitrogens with one attached hydrogen (secondary N) is 1. The Morgan fingerprint density at radius 1 is 1.26 bits per heavy atom. The van der Waals surface area contributed by atoms with Crippen molar-refractivity contribution in [2.75, 3.05) is 18.0 Å². The number of carbonyl (C=O) groups is 2. The second kappa shape index (κ2) is 8.90. The second-order valence-corrected chi connectivity index (χ2v) is 9.96. The minimum absolute atomic E-state index is 0.0130. The van der Waals surface area contributed by atoms with E-state index in [2.05, 4.69) is 16.0 Å². The summed E-state index contributed by atoms with van der Waals surface area (Å²) in [5.74, 6) is 0.732. The molecule has 9 heteroatoms. The molecule has 1 spiro atoms.